The summed E-state index contributed by atoms with van der Waals surface area (Å²) in [6.45, 7) is 2.65. The first-order valence-corrected chi connectivity index (χ1v) is 12.6. The summed E-state index contributed by atoms with van der Waals surface area (Å²) in [6, 6.07) is 0. The zero-order valence-electron chi connectivity index (χ0n) is 19.4. The van der Waals surface area contributed by atoms with Crippen molar-refractivity contribution in [1.29, 1.82) is 0 Å². The lowest BCUT2D eigenvalue weighted by Crippen LogP contribution is -2.42. The van der Waals surface area contributed by atoms with Crippen molar-refractivity contribution in [3.05, 3.63) is 12.2 Å². The standard InChI is InChI=1S/C25H48O5/c1-2-3-4-5-6-7-8-9-10-11-12-13-14-15-16-17-18-19-29-23(20-26)25-24(28)22(27)21-30-25/h15-16,22-28H,2-14,17-21H2,1H3/b16-15+/t22-,23+,24-,25-/m0/s1. The molecule has 0 saturated carbocycles. The van der Waals surface area contributed by atoms with Crippen molar-refractivity contribution in [3.8, 4) is 0 Å². The molecular weight excluding hydrogens is 380 g/mol. The lowest BCUT2D eigenvalue weighted by molar-refractivity contribution is -0.101. The van der Waals surface area contributed by atoms with Gasteiger partial charge in [0.1, 0.15) is 24.4 Å². The maximum absolute atomic E-state index is 9.83. The monoisotopic (exact) mass is 428 g/mol. The molecule has 1 aliphatic rings. The van der Waals surface area contributed by atoms with E-state index in [0.717, 1.165) is 19.3 Å². The smallest absolute Gasteiger partial charge is 0.114 e. The van der Waals surface area contributed by atoms with Gasteiger partial charge in [-0.25, -0.2) is 0 Å². The van der Waals surface area contributed by atoms with E-state index < -0.39 is 24.4 Å². The Kier molecular flexibility index (Phi) is 17.7. The number of aliphatic hydroxyl groups excluding tert-OH is 3. The summed E-state index contributed by atoms with van der Waals surface area (Å²) in [5, 5.41) is 28.8. The molecule has 0 radical (unpaired) electrons. The Morgan fingerprint density at radius 2 is 1.37 bits per heavy atom. The third kappa shape index (κ3) is 13.1. The molecule has 1 rings (SSSR count). The second kappa shape index (κ2) is 19.2. The number of unbranched alkanes of at least 4 members (excludes halogenated alkanes) is 13. The van der Waals surface area contributed by atoms with Gasteiger partial charge in [-0.15, -0.1) is 0 Å². The number of rotatable bonds is 20. The number of hydrogen-bond donors (Lipinski definition) is 3. The summed E-state index contributed by atoms with van der Waals surface area (Å²) in [5.41, 5.74) is 0. The second-order valence-corrected chi connectivity index (χ2v) is 8.74. The van der Waals surface area contributed by atoms with Crippen LogP contribution in [-0.2, 0) is 9.47 Å². The third-order valence-electron chi connectivity index (χ3n) is 5.97. The highest BCUT2D eigenvalue weighted by Crippen LogP contribution is 2.19. The van der Waals surface area contributed by atoms with E-state index in [1.165, 1.54) is 77.0 Å². The maximum Gasteiger partial charge on any atom is 0.114 e. The van der Waals surface area contributed by atoms with Crippen molar-refractivity contribution in [2.24, 2.45) is 0 Å². The lowest BCUT2D eigenvalue weighted by Gasteiger charge is -2.24. The molecular formula is C25H48O5. The fraction of sp³-hybridized carbons (Fsp3) is 0.920. The second-order valence-electron chi connectivity index (χ2n) is 8.74. The van der Waals surface area contributed by atoms with Crippen LogP contribution in [0.1, 0.15) is 103 Å². The first-order chi connectivity index (χ1) is 14.7. The lowest BCUT2D eigenvalue weighted by atomic mass is 10.0. The fourth-order valence-corrected chi connectivity index (χ4v) is 3.98. The van der Waals surface area contributed by atoms with Gasteiger partial charge in [0.25, 0.3) is 0 Å². The number of aliphatic hydroxyl groups is 3. The van der Waals surface area contributed by atoms with Gasteiger partial charge in [-0.3, -0.25) is 0 Å². The van der Waals surface area contributed by atoms with E-state index >= 15 is 0 Å². The molecule has 0 aliphatic carbocycles. The summed E-state index contributed by atoms with van der Waals surface area (Å²) in [5.74, 6) is 0. The maximum atomic E-state index is 9.83. The first-order valence-electron chi connectivity index (χ1n) is 12.6. The minimum atomic E-state index is -0.988. The zero-order chi connectivity index (χ0) is 21.9. The van der Waals surface area contributed by atoms with Crippen LogP contribution in [0, 0.1) is 0 Å². The van der Waals surface area contributed by atoms with Crippen LogP contribution in [0.5, 0.6) is 0 Å². The van der Waals surface area contributed by atoms with Crippen LogP contribution < -0.4 is 0 Å². The van der Waals surface area contributed by atoms with Gasteiger partial charge in [0.05, 0.1) is 13.2 Å². The number of hydrogen-bond acceptors (Lipinski definition) is 5. The predicted molar refractivity (Wildman–Crippen MR) is 123 cm³/mol. The van der Waals surface area contributed by atoms with E-state index in [1.54, 1.807) is 0 Å². The molecule has 0 aromatic heterocycles. The molecule has 1 saturated heterocycles. The summed E-state index contributed by atoms with van der Waals surface area (Å²) < 4.78 is 11.0. The zero-order valence-corrected chi connectivity index (χ0v) is 19.4. The molecule has 30 heavy (non-hydrogen) atoms. The van der Waals surface area contributed by atoms with Crippen molar-refractivity contribution in [1.82, 2.24) is 0 Å². The van der Waals surface area contributed by atoms with Crippen LogP contribution in [0.15, 0.2) is 12.2 Å². The highest BCUT2D eigenvalue weighted by molar-refractivity contribution is 4.88. The van der Waals surface area contributed by atoms with E-state index in [-0.39, 0.29) is 13.2 Å². The molecule has 1 heterocycles. The largest absolute Gasteiger partial charge is 0.394 e. The topological polar surface area (TPSA) is 79.2 Å². The van der Waals surface area contributed by atoms with Gasteiger partial charge < -0.3 is 24.8 Å². The van der Waals surface area contributed by atoms with Crippen molar-refractivity contribution in [3.63, 3.8) is 0 Å². The van der Waals surface area contributed by atoms with Crippen LogP contribution in [-0.4, -0.2) is 59.6 Å². The van der Waals surface area contributed by atoms with Gasteiger partial charge in [-0.2, -0.15) is 0 Å². The first kappa shape index (κ1) is 27.6. The molecule has 3 N–H and O–H groups in total. The van der Waals surface area contributed by atoms with Crippen molar-refractivity contribution < 1.29 is 24.8 Å². The Hall–Kier alpha value is -0.460. The summed E-state index contributed by atoms with van der Waals surface area (Å²) in [7, 11) is 0. The van der Waals surface area contributed by atoms with E-state index in [0.29, 0.717) is 6.61 Å². The van der Waals surface area contributed by atoms with Crippen molar-refractivity contribution in [2.45, 2.75) is 128 Å². The van der Waals surface area contributed by atoms with Crippen LogP contribution in [0.25, 0.3) is 0 Å². The molecule has 5 nitrogen and oxygen atoms in total. The Morgan fingerprint density at radius 1 is 0.833 bits per heavy atom. The van der Waals surface area contributed by atoms with Gasteiger partial charge in [0.2, 0.25) is 0 Å². The minimum absolute atomic E-state index is 0.0908. The van der Waals surface area contributed by atoms with Gasteiger partial charge >= 0.3 is 0 Å². The highest BCUT2D eigenvalue weighted by Gasteiger charge is 2.40. The minimum Gasteiger partial charge on any atom is -0.394 e. The molecule has 0 aromatic rings. The van der Waals surface area contributed by atoms with Gasteiger partial charge in [-0.1, -0.05) is 89.7 Å². The van der Waals surface area contributed by atoms with Crippen LogP contribution in [0.3, 0.4) is 0 Å². The molecule has 0 spiro atoms. The number of ether oxygens (including phenoxy) is 2. The molecule has 5 heteroatoms. The quantitative estimate of drug-likeness (QED) is 0.190. The Balaban J connectivity index is 1.85. The van der Waals surface area contributed by atoms with Gasteiger partial charge in [0.15, 0.2) is 0 Å². The van der Waals surface area contributed by atoms with E-state index in [9.17, 15) is 15.3 Å². The summed E-state index contributed by atoms with van der Waals surface area (Å²) >= 11 is 0. The van der Waals surface area contributed by atoms with Crippen LogP contribution in [0.2, 0.25) is 0 Å². The van der Waals surface area contributed by atoms with Gasteiger partial charge in [0, 0.05) is 6.61 Å². The normalized spacial score (nSPS) is 22.9. The Morgan fingerprint density at radius 3 is 1.87 bits per heavy atom. The summed E-state index contributed by atoms with van der Waals surface area (Å²) in [4.78, 5) is 0. The fourth-order valence-electron chi connectivity index (χ4n) is 3.98. The van der Waals surface area contributed by atoms with Crippen molar-refractivity contribution in [2.75, 3.05) is 19.8 Å². The average molecular weight is 429 g/mol. The molecule has 178 valence electrons. The third-order valence-corrected chi connectivity index (χ3v) is 5.97. The summed E-state index contributed by atoms with van der Waals surface area (Å²) in [6.07, 6.45) is 20.9. The van der Waals surface area contributed by atoms with Crippen LogP contribution in [0.4, 0.5) is 0 Å². The predicted octanol–water partition coefficient (Wildman–Crippen LogP) is 4.91. The number of allylic oxidation sites excluding steroid dienone is 2. The molecule has 1 aliphatic heterocycles. The van der Waals surface area contributed by atoms with Gasteiger partial charge in [-0.05, 0) is 25.7 Å². The van der Waals surface area contributed by atoms with Crippen LogP contribution >= 0.6 is 0 Å². The molecule has 0 aromatic carbocycles. The van der Waals surface area contributed by atoms with E-state index in [2.05, 4.69) is 19.1 Å². The average Bonchev–Trinajstić information content (AvgIpc) is 3.08. The molecule has 4 atom stereocenters. The molecule has 0 unspecified atom stereocenters. The molecule has 0 amide bonds. The van der Waals surface area contributed by atoms with E-state index in [4.69, 9.17) is 9.47 Å². The molecule has 0 bridgehead atoms. The van der Waals surface area contributed by atoms with E-state index in [1.807, 2.05) is 0 Å². The highest BCUT2D eigenvalue weighted by atomic mass is 16.6. The van der Waals surface area contributed by atoms with Crippen molar-refractivity contribution >= 4 is 0 Å². The SMILES string of the molecule is CCCCCCCCCCCCCC/C=C/CCCO[C@H](CO)[C@@H]1OC[C@H](O)[C@@H]1O. The Bertz CT molecular complexity index is 401. The Labute approximate surface area is 184 Å². The molecule has 1 fully saturated rings.